The van der Waals surface area contributed by atoms with Crippen molar-refractivity contribution in [2.45, 2.75) is 38.5 Å². The first-order chi connectivity index (χ1) is 7.74. The van der Waals surface area contributed by atoms with Crippen LogP contribution in [0.4, 0.5) is 0 Å². The van der Waals surface area contributed by atoms with Crippen molar-refractivity contribution in [3.63, 3.8) is 0 Å². The highest BCUT2D eigenvalue weighted by atomic mass is 16.5. The predicted molar refractivity (Wildman–Crippen MR) is 55.9 cm³/mol. The van der Waals surface area contributed by atoms with Gasteiger partial charge in [-0.15, -0.1) is 0 Å². The summed E-state index contributed by atoms with van der Waals surface area (Å²) in [5.74, 6) is 2.70. The molecule has 0 bridgehead atoms. The Morgan fingerprint density at radius 1 is 1.31 bits per heavy atom. The minimum absolute atomic E-state index is 0.263. The smallest absolute Gasteiger partial charge is 0.279 e. The fraction of sp³-hybridized carbons (Fsp3) is 0.545. The van der Waals surface area contributed by atoms with Crippen molar-refractivity contribution in [2.75, 3.05) is 0 Å². The molecule has 0 radical (unpaired) electrons. The van der Waals surface area contributed by atoms with Crippen LogP contribution in [0.3, 0.4) is 0 Å². The third-order valence-corrected chi connectivity index (χ3v) is 2.62. The number of nitrogens with zero attached hydrogens (tertiary/aromatic N) is 3. The molecule has 1 saturated carbocycles. The van der Waals surface area contributed by atoms with E-state index in [9.17, 15) is 0 Å². The Morgan fingerprint density at radius 2 is 2.12 bits per heavy atom. The maximum absolute atomic E-state index is 5.33. The first-order valence-electron chi connectivity index (χ1n) is 5.53. The van der Waals surface area contributed by atoms with E-state index in [0.29, 0.717) is 23.4 Å². The van der Waals surface area contributed by atoms with Crippen LogP contribution < -0.4 is 0 Å². The molecule has 5 heteroatoms. The van der Waals surface area contributed by atoms with Crippen LogP contribution >= 0.6 is 0 Å². The maximum Gasteiger partial charge on any atom is 0.279 e. The van der Waals surface area contributed by atoms with Crippen LogP contribution in [0, 0.1) is 0 Å². The first kappa shape index (κ1) is 9.57. The average Bonchev–Trinajstić information content (AvgIpc) is 2.83. The van der Waals surface area contributed by atoms with E-state index in [2.05, 4.69) is 15.1 Å². The zero-order valence-corrected chi connectivity index (χ0v) is 9.30. The van der Waals surface area contributed by atoms with Crippen LogP contribution in [-0.4, -0.2) is 15.1 Å². The molecule has 0 N–H and O–H groups in total. The van der Waals surface area contributed by atoms with E-state index in [1.165, 1.54) is 0 Å². The summed E-state index contributed by atoms with van der Waals surface area (Å²) in [6.07, 6.45) is 3.89. The minimum atomic E-state index is 0.263. The lowest BCUT2D eigenvalue weighted by Gasteiger charge is -1.93. The molecule has 2 aromatic rings. The Bertz CT molecular complexity index is 459. The Morgan fingerprint density at radius 3 is 2.75 bits per heavy atom. The van der Waals surface area contributed by atoms with Crippen molar-refractivity contribution >= 4 is 0 Å². The van der Waals surface area contributed by atoms with Gasteiger partial charge in [0.05, 0.1) is 0 Å². The van der Waals surface area contributed by atoms with Crippen LogP contribution in [0.1, 0.15) is 50.2 Å². The molecule has 0 aromatic carbocycles. The van der Waals surface area contributed by atoms with Crippen molar-refractivity contribution in [3.8, 4) is 11.6 Å². The van der Waals surface area contributed by atoms with E-state index < -0.39 is 0 Å². The predicted octanol–water partition coefficient (Wildman–Crippen LogP) is 2.73. The molecule has 1 aliphatic carbocycles. The summed E-state index contributed by atoms with van der Waals surface area (Å²) in [4.78, 5) is 8.63. The second-order valence-electron chi connectivity index (χ2n) is 4.46. The van der Waals surface area contributed by atoms with E-state index in [4.69, 9.17) is 8.94 Å². The van der Waals surface area contributed by atoms with Gasteiger partial charge in [-0.25, -0.2) is 4.98 Å². The highest BCUT2D eigenvalue weighted by molar-refractivity contribution is 5.44. The number of aromatic nitrogens is 3. The second kappa shape index (κ2) is 3.43. The Labute approximate surface area is 92.9 Å². The monoisotopic (exact) mass is 219 g/mol. The van der Waals surface area contributed by atoms with Crippen molar-refractivity contribution < 1.29 is 8.94 Å². The standard InChI is InChI=1S/C11H13N3O2/c1-6(2)10-12-8(5-15-10)11-13-9(14-16-11)7-3-4-7/h5-7H,3-4H2,1-2H3. The summed E-state index contributed by atoms with van der Waals surface area (Å²) < 4.78 is 10.5. The molecule has 0 amide bonds. The molecule has 2 aromatic heterocycles. The first-order valence-corrected chi connectivity index (χ1v) is 5.53. The van der Waals surface area contributed by atoms with Crippen LogP contribution in [0.5, 0.6) is 0 Å². The van der Waals surface area contributed by atoms with Crippen molar-refractivity contribution in [1.82, 2.24) is 15.1 Å². The number of hydrogen-bond donors (Lipinski definition) is 0. The SMILES string of the molecule is CC(C)c1nc(-c2nc(C3CC3)no2)co1. The van der Waals surface area contributed by atoms with Gasteiger partial charge in [0.25, 0.3) is 5.89 Å². The lowest BCUT2D eigenvalue weighted by molar-refractivity contribution is 0.421. The normalized spacial score (nSPS) is 15.9. The molecule has 1 aliphatic rings. The van der Waals surface area contributed by atoms with Gasteiger partial charge in [0.1, 0.15) is 6.26 Å². The molecular formula is C11H13N3O2. The number of hydrogen-bond acceptors (Lipinski definition) is 5. The summed E-state index contributed by atoms with van der Waals surface area (Å²) in [5, 5.41) is 3.94. The molecule has 84 valence electrons. The van der Waals surface area contributed by atoms with Crippen LogP contribution in [0.15, 0.2) is 15.2 Å². The van der Waals surface area contributed by atoms with Gasteiger partial charge >= 0.3 is 0 Å². The summed E-state index contributed by atoms with van der Waals surface area (Å²) in [6, 6.07) is 0. The number of oxazole rings is 1. The summed E-state index contributed by atoms with van der Waals surface area (Å²) in [7, 11) is 0. The highest BCUT2D eigenvalue weighted by Crippen LogP contribution is 2.38. The van der Waals surface area contributed by atoms with Gasteiger partial charge in [-0.05, 0) is 12.8 Å². The molecule has 1 fully saturated rings. The lowest BCUT2D eigenvalue weighted by Crippen LogP contribution is -1.87. The van der Waals surface area contributed by atoms with Gasteiger partial charge in [0.2, 0.25) is 0 Å². The van der Waals surface area contributed by atoms with Gasteiger partial charge in [-0.2, -0.15) is 4.98 Å². The summed E-state index contributed by atoms with van der Waals surface area (Å²) in [6.45, 7) is 4.05. The zero-order valence-electron chi connectivity index (χ0n) is 9.30. The quantitative estimate of drug-likeness (QED) is 0.794. The van der Waals surface area contributed by atoms with Gasteiger partial charge in [-0.1, -0.05) is 19.0 Å². The van der Waals surface area contributed by atoms with Gasteiger partial charge < -0.3 is 8.94 Å². The van der Waals surface area contributed by atoms with E-state index >= 15 is 0 Å². The fourth-order valence-corrected chi connectivity index (χ4v) is 1.50. The van der Waals surface area contributed by atoms with Crippen LogP contribution in [0.25, 0.3) is 11.6 Å². The largest absolute Gasteiger partial charge is 0.448 e. The molecule has 0 unspecified atom stereocenters. The molecule has 2 heterocycles. The lowest BCUT2D eigenvalue weighted by atomic mass is 10.2. The number of rotatable bonds is 3. The van der Waals surface area contributed by atoms with E-state index in [1.54, 1.807) is 6.26 Å². The molecule has 3 rings (SSSR count). The molecule has 0 spiro atoms. The molecule has 0 aliphatic heterocycles. The maximum atomic E-state index is 5.33. The van der Waals surface area contributed by atoms with E-state index in [0.717, 1.165) is 18.7 Å². The van der Waals surface area contributed by atoms with E-state index in [1.807, 2.05) is 13.8 Å². The van der Waals surface area contributed by atoms with Gasteiger partial charge in [0.15, 0.2) is 17.4 Å². The van der Waals surface area contributed by atoms with Gasteiger partial charge in [-0.3, -0.25) is 0 Å². The Hall–Kier alpha value is -1.65. The summed E-state index contributed by atoms with van der Waals surface area (Å²) >= 11 is 0. The molecule has 5 nitrogen and oxygen atoms in total. The third-order valence-electron chi connectivity index (χ3n) is 2.62. The fourth-order valence-electron chi connectivity index (χ4n) is 1.50. The van der Waals surface area contributed by atoms with Crippen molar-refractivity contribution in [3.05, 3.63) is 18.0 Å². The Balaban J connectivity index is 1.88. The summed E-state index contributed by atoms with van der Waals surface area (Å²) in [5.41, 5.74) is 0.628. The molecular weight excluding hydrogens is 206 g/mol. The minimum Gasteiger partial charge on any atom is -0.448 e. The zero-order chi connectivity index (χ0) is 11.1. The van der Waals surface area contributed by atoms with Gasteiger partial charge in [0, 0.05) is 11.8 Å². The van der Waals surface area contributed by atoms with Crippen LogP contribution in [0.2, 0.25) is 0 Å². The average molecular weight is 219 g/mol. The van der Waals surface area contributed by atoms with Crippen molar-refractivity contribution in [2.24, 2.45) is 0 Å². The molecule has 0 atom stereocenters. The second-order valence-corrected chi connectivity index (χ2v) is 4.46. The third kappa shape index (κ3) is 1.62. The molecule has 0 saturated heterocycles. The topological polar surface area (TPSA) is 65.0 Å². The highest BCUT2D eigenvalue weighted by Gasteiger charge is 2.29. The van der Waals surface area contributed by atoms with E-state index in [-0.39, 0.29) is 5.92 Å². The van der Waals surface area contributed by atoms with Crippen molar-refractivity contribution in [1.29, 1.82) is 0 Å². The molecule has 16 heavy (non-hydrogen) atoms. The van der Waals surface area contributed by atoms with Crippen LogP contribution in [-0.2, 0) is 0 Å². The Kier molecular flexibility index (Phi) is 2.05.